The number of benzene rings is 1. The van der Waals surface area contributed by atoms with Crippen LogP contribution < -0.4 is 5.73 Å². The van der Waals surface area contributed by atoms with Crippen LogP contribution in [0.2, 0.25) is 0 Å². The highest BCUT2D eigenvalue weighted by atomic mass is 16.5. The second kappa shape index (κ2) is 6.56. The zero-order valence-electron chi connectivity index (χ0n) is 9.23. The van der Waals surface area contributed by atoms with E-state index in [4.69, 9.17) is 4.74 Å². The fourth-order valence-electron chi connectivity index (χ4n) is 1.43. The lowest BCUT2D eigenvalue weighted by Gasteiger charge is -2.17. The lowest BCUT2D eigenvalue weighted by Crippen LogP contribution is -2.56. The van der Waals surface area contributed by atoms with Crippen LogP contribution in [-0.4, -0.2) is 24.4 Å². The summed E-state index contributed by atoms with van der Waals surface area (Å²) in [4.78, 5) is 0. The summed E-state index contributed by atoms with van der Waals surface area (Å²) in [5.74, 6) is 0. The van der Waals surface area contributed by atoms with E-state index >= 15 is 0 Å². The number of ether oxygens (including phenoxy) is 1. The molecule has 0 saturated carbocycles. The van der Waals surface area contributed by atoms with Crippen LogP contribution >= 0.6 is 0 Å². The first-order valence-corrected chi connectivity index (χ1v) is 5.41. The van der Waals surface area contributed by atoms with E-state index in [1.165, 1.54) is 0 Å². The lowest BCUT2D eigenvalue weighted by molar-refractivity contribution is -0.386. The summed E-state index contributed by atoms with van der Waals surface area (Å²) in [6.07, 6.45) is 0.531. The smallest absolute Gasteiger partial charge is 0.126 e. The first-order chi connectivity index (χ1) is 7.27. The van der Waals surface area contributed by atoms with Gasteiger partial charge in [0.2, 0.25) is 0 Å². The molecule has 0 saturated heterocycles. The van der Waals surface area contributed by atoms with Gasteiger partial charge in [0, 0.05) is 0 Å². The Balaban J connectivity index is 2.50. The second-order valence-electron chi connectivity index (χ2n) is 3.58. The minimum Gasteiger partial charge on any atom is -0.385 e. The number of aliphatic hydroxyl groups excluding tert-OH is 1. The van der Waals surface area contributed by atoms with Crippen molar-refractivity contribution in [2.24, 2.45) is 0 Å². The van der Waals surface area contributed by atoms with Crippen LogP contribution in [-0.2, 0) is 4.74 Å². The zero-order chi connectivity index (χ0) is 11.1. The van der Waals surface area contributed by atoms with E-state index in [0.717, 1.165) is 12.0 Å². The van der Waals surface area contributed by atoms with Crippen molar-refractivity contribution in [1.29, 1.82) is 0 Å². The Morgan fingerprint density at radius 3 is 2.53 bits per heavy atom. The molecule has 1 aromatic rings. The third-order valence-electron chi connectivity index (χ3n) is 2.37. The number of rotatable bonds is 6. The largest absolute Gasteiger partial charge is 0.385 e. The predicted molar refractivity (Wildman–Crippen MR) is 59.2 cm³/mol. The highest BCUT2D eigenvalue weighted by molar-refractivity contribution is 5.17. The van der Waals surface area contributed by atoms with Crippen molar-refractivity contribution in [3.05, 3.63) is 35.9 Å². The molecule has 1 aromatic carbocycles. The molecule has 84 valence electrons. The Kier molecular flexibility index (Phi) is 5.32. The number of hydrogen-bond acceptors (Lipinski definition) is 2. The molecule has 0 aliphatic carbocycles. The third kappa shape index (κ3) is 4.00. The average Bonchev–Trinajstić information content (AvgIpc) is 2.31. The van der Waals surface area contributed by atoms with Crippen LogP contribution in [0.5, 0.6) is 0 Å². The van der Waals surface area contributed by atoms with E-state index < -0.39 is 6.10 Å². The Morgan fingerprint density at radius 1 is 1.33 bits per heavy atom. The summed E-state index contributed by atoms with van der Waals surface area (Å²) in [5.41, 5.74) is 4.80. The molecule has 0 aromatic heterocycles. The van der Waals surface area contributed by atoms with Crippen molar-refractivity contribution < 1.29 is 15.6 Å². The van der Waals surface area contributed by atoms with Crippen LogP contribution in [0.3, 0.4) is 0 Å². The molecule has 0 spiro atoms. The van der Waals surface area contributed by atoms with Crippen molar-refractivity contribution in [2.45, 2.75) is 25.6 Å². The predicted octanol–water partition coefficient (Wildman–Crippen LogP) is 0.757. The van der Waals surface area contributed by atoms with Crippen LogP contribution in [0.25, 0.3) is 0 Å². The molecule has 1 rings (SSSR count). The molecule has 0 fully saturated rings. The van der Waals surface area contributed by atoms with Crippen molar-refractivity contribution in [3.63, 3.8) is 0 Å². The molecular formula is C12H20NO2+. The highest BCUT2D eigenvalue weighted by Gasteiger charge is 2.11. The van der Waals surface area contributed by atoms with E-state index in [1.54, 1.807) is 0 Å². The highest BCUT2D eigenvalue weighted by Crippen LogP contribution is 2.20. The molecule has 4 N–H and O–H groups in total. The van der Waals surface area contributed by atoms with Gasteiger partial charge in [-0.05, 0) is 12.0 Å². The van der Waals surface area contributed by atoms with Gasteiger partial charge in [-0.25, -0.2) is 0 Å². The Morgan fingerprint density at radius 2 is 2.00 bits per heavy atom. The van der Waals surface area contributed by atoms with Gasteiger partial charge in [0.25, 0.3) is 0 Å². The van der Waals surface area contributed by atoms with Crippen LogP contribution in [0, 0.1) is 0 Å². The van der Waals surface area contributed by atoms with Crippen LogP contribution in [0.4, 0.5) is 0 Å². The van der Waals surface area contributed by atoms with E-state index in [2.05, 4.69) is 12.7 Å². The fourth-order valence-corrected chi connectivity index (χ4v) is 1.43. The van der Waals surface area contributed by atoms with Crippen molar-refractivity contribution in [1.82, 2.24) is 0 Å². The Labute approximate surface area is 90.9 Å². The van der Waals surface area contributed by atoms with E-state index in [0.29, 0.717) is 13.2 Å². The van der Waals surface area contributed by atoms with E-state index in [1.807, 2.05) is 30.3 Å². The molecular weight excluding hydrogens is 190 g/mol. The van der Waals surface area contributed by atoms with Crippen LogP contribution in [0.15, 0.2) is 30.3 Å². The van der Waals surface area contributed by atoms with Crippen molar-refractivity contribution in [3.8, 4) is 0 Å². The molecule has 0 unspecified atom stereocenters. The zero-order valence-corrected chi connectivity index (χ0v) is 9.23. The van der Waals surface area contributed by atoms with Gasteiger partial charge in [-0.3, -0.25) is 0 Å². The van der Waals surface area contributed by atoms with Gasteiger partial charge in [-0.15, -0.1) is 0 Å². The minimum atomic E-state index is -0.456. The summed E-state index contributed by atoms with van der Waals surface area (Å²) < 4.78 is 5.64. The molecule has 15 heavy (non-hydrogen) atoms. The van der Waals surface area contributed by atoms with Gasteiger partial charge >= 0.3 is 0 Å². The molecule has 0 aliphatic rings. The van der Waals surface area contributed by atoms with Gasteiger partial charge in [0.15, 0.2) is 0 Å². The standard InChI is InChI=1S/C12H19NO2/c1-2-12(15-9-11(14)8-13)10-6-4-3-5-7-10/h3-7,11-12,14H,2,8-9,13H2,1H3/p+1/t11-,12+/m1/s1. The summed E-state index contributed by atoms with van der Waals surface area (Å²) in [7, 11) is 0. The lowest BCUT2D eigenvalue weighted by atomic mass is 10.1. The van der Waals surface area contributed by atoms with E-state index in [9.17, 15) is 5.11 Å². The van der Waals surface area contributed by atoms with Crippen molar-refractivity contribution in [2.75, 3.05) is 13.2 Å². The molecule has 0 aliphatic heterocycles. The van der Waals surface area contributed by atoms with Crippen LogP contribution in [0.1, 0.15) is 25.0 Å². The molecule has 0 heterocycles. The topological polar surface area (TPSA) is 57.1 Å². The van der Waals surface area contributed by atoms with Crippen molar-refractivity contribution >= 4 is 0 Å². The summed E-state index contributed by atoms with van der Waals surface area (Å²) >= 11 is 0. The van der Waals surface area contributed by atoms with Gasteiger partial charge < -0.3 is 15.6 Å². The molecule has 0 amide bonds. The molecule has 0 bridgehead atoms. The molecule has 3 nitrogen and oxygen atoms in total. The average molecular weight is 210 g/mol. The number of aliphatic hydroxyl groups is 1. The first kappa shape index (κ1) is 12.2. The number of hydrogen-bond donors (Lipinski definition) is 2. The SMILES string of the molecule is CC[C@H](OC[C@H](O)C[NH3+])c1ccccc1. The fraction of sp³-hybridized carbons (Fsp3) is 0.500. The summed E-state index contributed by atoms with van der Waals surface area (Å²) in [6.45, 7) is 2.93. The maximum atomic E-state index is 9.36. The van der Waals surface area contributed by atoms with Gasteiger partial charge in [0.1, 0.15) is 12.6 Å². The maximum Gasteiger partial charge on any atom is 0.126 e. The Hall–Kier alpha value is -0.900. The van der Waals surface area contributed by atoms with Gasteiger partial charge in [-0.1, -0.05) is 37.3 Å². The normalized spacial score (nSPS) is 14.9. The molecule has 3 heteroatoms. The molecule has 2 atom stereocenters. The van der Waals surface area contributed by atoms with E-state index in [-0.39, 0.29) is 6.10 Å². The number of quaternary nitrogens is 1. The third-order valence-corrected chi connectivity index (χ3v) is 2.37. The quantitative estimate of drug-likeness (QED) is 0.728. The minimum absolute atomic E-state index is 0.0763. The first-order valence-electron chi connectivity index (χ1n) is 5.41. The maximum absolute atomic E-state index is 9.36. The second-order valence-corrected chi connectivity index (χ2v) is 3.58. The summed E-state index contributed by atoms with van der Waals surface area (Å²) in [6, 6.07) is 10.1. The monoisotopic (exact) mass is 210 g/mol. The van der Waals surface area contributed by atoms with Gasteiger partial charge in [-0.2, -0.15) is 0 Å². The summed E-state index contributed by atoms with van der Waals surface area (Å²) in [5, 5.41) is 9.36. The Bertz CT molecular complexity index is 264. The molecule has 0 radical (unpaired) electrons. The van der Waals surface area contributed by atoms with Gasteiger partial charge in [0.05, 0.1) is 12.7 Å².